The third-order valence-corrected chi connectivity index (χ3v) is 4.09. The first-order valence-corrected chi connectivity index (χ1v) is 8.36. The van der Waals surface area contributed by atoms with Crippen molar-refractivity contribution in [3.63, 3.8) is 0 Å². The molecule has 0 amide bonds. The molecular formula is C16H20Br2O. The molecule has 1 rings (SSSR count). The van der Waals surface area contributed by atoms with Crippen molar-refractivity contribution in [2.75, 3.05) is 6.61 Å². The average molecular weight is 388 g/mol. The van der Waals surface area contributed by atoms with E-state index in [9.17, 15) is 0 Å². The Morgan fingerprint density at radius 3 is 2.21 bits per heavy atom. The van der Waals surface area contributed by atoms with Crippen molar-refractivity contribution in [3.05, 3.63) is 26.6 Å². The molecule has 0 radical (unpaired) electrons. The molecule has 0 unspecified atom stereocenters. The molecule has 0 N–H and O–H groups in total. The molecule has 0 aliphatic rings. The molecule has 19 heavy (non-hydrogen) atoms. The van der Waals surface area contributed by atoms with Crippen LogP contribution in [0, 0.1) is 12.3 Å². The van der Waals surface area contributed by atoms with Gasteiger partial charge in [-0.15, -0.1) is 6.42 Å². The predicted octanol–water partition coefficient (Wildman–Crippen LogP) is 5.93. The molecule has 0 atom stereocenters. The molecule has 0 heterocycles. The maximum Gasteiger partial charge on any atom is 0.147 e. The average Bonchev–Trinajstić information content (AvgIpc) is 2.40. The minimum Gasteiger partial charge on any atom is -0.491 e. The molecule has 0 bridgehead atoms. The molecule has 104 valence electrons. The molecule has 0 saturated carbocycles. The Kier molecular flexibility index (Phi) is 8.25. The van der Waals surface area contributed by atoms with Gasteiger partial charge in [0, 0.05) is 5.56 Å². The Morgan fingerprint density at radius 2 is 1.63 bits per heavy atom. The predicted molar refractivity (Wildman–Crippen MR) is 88.6 cm³/mol. The van der Waals surface area contributed by atoms with Crippen LogP contribution in [0.4, 0.5) is 0 Å². The lowest BCUT2D eigenvalue weighted by atomic mass is 10.1. The second-order valence-corrected chi connectivity index (χ2v) is 6.24. The topological polar surface area (TPSA) is 9.23 Å². The highest BCUT2D eigenvalue weighted by molar-refractivity contribution is 9.11. The number of halogens is 2. The molecule has 0 aliphatic heterocycles. The van der Waals surface area contributed by atoms with Crippen LogP contribution in [0.2, 0.25) is 0 Å². The summed E-state index contributed by atoms with van der Waals surface area (Å²) in [7, 11) is 0. The number of benzene rings is 1. The maximum absolute atomic E-state index is 5.81. The van der Waals surface area contributed by atoms with Gasteiger partial charge >= 0.3 is 0 Å². The van der Waals surface area contributed by atoms with Crippen LogP contribution in [-0.2, 0) is 0 Å². The molecule has 0 aliphatic carbocycles. The summed E-state index contributed by atoms with van der Waals surface area (Å²) in [6.07, 6.45) is 13.0. The molecule has 1 aromatic rings. The van der Waals surface area contributed by atoms with Gasteiger partial charge in [0.15, 0.2) is 0 Å². The van der Waals surface area contributed by atoms with E-state index in [2.05, 4.69) is 44.7 Å². The molecule has 1 nitrogen and oxygen atoms in total. The van der Waals surface area contributed by atoms with Crippen molar-refractivity contribution in [3.8, 4) is 18.1 Å². The summed E-state index contributed by atoms with van der Waals surface area (Å²) in [6.45, 7) is 2.98. The summed E-state index contributed by atoms with van der Waals surface area (Å²) in [5.74, 6) is 3.46. The van der Waals surface area contributed by atoms with E-state index < -0.39 is 0 Å². The van der Waals surface area contributed by atoms with Crippen LogP contribution in [-0.4, -0.2) is 6.61 Å². The van der Waals surface area contributed by atoms with Gasteiger partial charge < -0.3 is 4.74 Å². The lowest BCUT2D eigenvalue weighted by molar-refractivity contribution is 0.301. The normalized spacial score (nSPS) is 10.2. The Morgan fingerprint density at radius 1 is 1.05 bits per heavy atom. The minimum atomic E-state index is 0.749. The summed E-state index contributed by atoms with van der Waals surface area (Å²) in [6, 6.07) is 3.81. The fourth-order valence-corrected chi connectivity index (χ4v) is 3.25. The van der Waals surface area contributed by atoms with Crippen molar-refractivity contribution >= 4 is 31.9 Å². The van der Waals surface area contributed by atoms with Gasteiger partial charge in [0.25, 0.3) is 0 Å². The van der Waals surface area contributed by atoms with Gasteiger partial charge in [0.05, 0.1) is 15.6 Å². The van der Waals surface area contributed by atoms with Crippen molar-refractivity contribution in [1.29, 1.82) is 0 Å². The van der Waals surface area contributed by atoms with E-state index >= 15 is 0 Å². The Balaban J connectivity index is 2.36. The molecular weight excluding hydrogens is 368 g/mol. The van der Waals surface area contributed by atoms with Crippen LogP contribution in [0.5, 0.6) is 5.75 Å². The van der Waals surface area contributed by atoms with Gasteiger partial charge in [-0.1, -0.05) is 44.9 Å². The fourth-order valence-electron chi connectivity index (χ4n) is 1.84. The van der Waals surface area contributed by atoms with Crippen LogP contribution in [0.15, 0.2) is 21.1 Å². The number of unbranched alkanes of at least 4 members (excludes halogenated alkanes) is 5. The highest BCUT2D eigenvalue weighted by atomic mass is 79.9. The van der Waals surface area contributed by atoms with Crippen LogP contribution in [0.3, 0.4) is 0 Å². The standard InChI is InChI=1S/C16H20Br2O/c1-3-5-6-7-8-9-10-19-16-14(17)11-13(4-2)12-15(16)18/h2,11-12H,3,5-10H2,1H3. The van der Waals surface area contributed by atoms with Gasteiger partial charge in [0.2, 0.25) is 0 Å². The lowest BCUT2D eigenvalue weighted by Gasteiger charge is -2.10. The smallest absolute Gasteiger partial charge is 0.147 e. The monoisotopic (exact) mass is 386 g/mol. The van der Waals surface area contributed by atoms with Gasteiger partial charge in [0.1, 0.15) is 5.75 Å². The lowest BCUT2D eigenvalue weighted by Crippen LogP contribution is -1.99. The van der Waals surface area contributed by atoms with Crippen molar-refractivity contribution < 1.29 is 4.74 Å². The molecule has 0 spiro atoms. The first kappa shape index (κ1) is 16.6. The molecule has 0 aromatic heterocycles. The van der Waals surface area contributed by atoms with Gasteiger partial charge in [-0.3, -0.25) is 0 Å². The highest BCUT2D eigenvalue weighted by Gasteiger charge is 2.08. The van der Waals surface area contributed by atoms with Crippen LogP contribution < -0.4 is 4.74 Å². The maximum atomic E-state index is 5.81. The second-order valence-electron chi connectivity index (χ2n) is 4.53. The second kappa shape index (κ2) is 9.44. The largest absolute Gasteiger partial charge is 0.491 e. The summed E-state index contributed by atoms with van der Waals surface area (Å²) >= 11 is 6.98. The van der Waals surface area contributed by atoms with E-state index in [1.165, 1.54) is 32.1 Å². The first-order chi connectivity index (χ1) is 9.19. The molecule has 1 aromatic carbocycles. The van der Waals surface area contributed by atoms with Crippen LogP contribution in [0.1, 0.15) is 51.0 Å². The van der Waals surface area contributed by atoms with E-state index in [-0.39, 0.29) is 0 Å². The zero-order valence-corrected chi connectivity index (χ0v) is 14.5. The SMILES string of the molecule is C#Cc1cc(Br)c(OCCCCCCCC)c(Br)c1. The summed E-state index contributed by atoms with van der Waals surface area (Å²) in [5.41, 5.74) is 0.839. The first-order valence-electron chi connectivity index (χ1n) is 6.77. The Bertz CT molecular complexity index is 412. The summed E-state index contributed by atoms with van der Waals surface area (Å²) in [4.78, 5) is 0. The van der Waals surface area contributed by atoms with Gasteiger partial charge in [-0.2, -0.15) is 0 Å². The van der Waals surface area contributed by atoms with Crippen molar-refractivity contribution in [2.45, 2.75) is 45.4 Å². The zero-order chi connectivity index (χ0) is 14.1. The minimum absolute atomic E-state index is 0.749. The summed E-state index contributed by atoms with van der Waals surface area (Å²) < 4.78 is 7.62. The summed E-state index contributed by atoms with van der Waals surface area (Å²) in [5, 5.41) is 0. The molecule has 0 saturated heterocycles. The molecule has 0 fully saturated rings. The number of terminal acetylenes is 1. The fraction of sp³-hybridized carbons (Fsp3) is 0.500. The third kappa shape index (κ3) is 6.01. The van der Waals surface area contributed by atoms with Crippen molar-refractivity contribution in [2.24, 2.45) is 0 Å². The zero-order valence-electron chi connectivity index (χ0n) is 11.3. The van der Waals surface area contributed by atoms with E-state index in [4.69, 9.17) is 11.2 Å². The van der Waals surface area contributed by atoms with Crippen LogP contribution >= 0.6 is 31.9 Å². The van der Waals surface area contributed by atoms with Gasteiger partial charge in [-0.05, 0) is 50.4 Å². The number of hydrogen-bond donors (Lipinski definition) is 0. The van der Waals surface area contributed by atoms with Crippen molar-refractivity contribution in [1.82, 2.24) is 0 Å². The quantitative estimate of drug-likeness (QED) is 0.396. The van der Waals surface area contributed by atoms with E-state index in [1.54, 1.807) is 0 Å². The highest BCUT2D eigenvalue weighted by Crippen LogP contribution is 2.34. The van der Waals surface area contributed by atoms with E-state index in [1.807, 2.05) is 12.1 Å². The van der Waals surface area contributed by atoms with E-state index in [0.717, 1.165) is 33.3 Å². The number of rotatable bonds is 8. The Hall–Kier alpha value is -0.460. The molecule has 3 heteroatoms. The number of hydrogen-bond acceptors (Lipinski definition) is 1. The van der Waals surface area contributed by atoms with E-state index in [0.29, 0.717) is 0 Å². The number of ether oxygens (including phenoxy) is 1. The third-order valence-electron chi connectivity index (χ3n) is 2.91. The van der Waals surface area contributed by atoms with Crippen LogP contribution in [0.25, 0.3) is 0 Å². The van der Waals surface area contributed by atoms with Gasteiger partial charge in [-0.25, -0.2) is 0 Å². The Labute approximate surface area is 133 Å².